The predicted octanol–water partition coefficient (Wildman–Crippen LogP) is 2.22. The summed E-state index contributed by atoms with van der Waals surface area (Å²) in [5.41, 5.74) is 6.09. The number of nitriles is 1. The number of rotatable bonds is 2. The molecule has 0 fully saturated rings. The van der Waals surface area contributed by atoms with E-state index in [0.29, 0.717) is 5.02 Å². The highest BCUT2D eigenvalue weighted by Gasteiger charge is 2.13. The van der Waals surface area contributed by atoms with Gasteiger partial charge in [0, 0.05) is 10.6 Å². The molecule has 0 amide bonds. The van der Waals surface area contributed by atoms with Crippen molar-refractivity contribution in [1.29, 1.82) is 5.26 Å². The number of nitrogens with zero attached hydrogens (tertiary/aromatic N) is 1. The normalized spacial score (nSPS) is 9.50. The third-order valence-electron chi connectivity index (χ3n) is 1.69. The van der Waals surface area contributed by atoms with Gasteiger partial charge in [-0.25, -0.2) is 0 Å². The van der Waals surface area contributed by atoms with Gasteiger partial charge >= 0.3 is 0 Å². The Morgan fingerprint density at radius 1 is 1.57 bits per heavy atom. The van der Waals surface area contributed by atoms with E-state index in [-0.39, 0.29) is 28.5 Å². The molecule has 1 aromatic carbocycles. The molecule has 0 atom stereocenters. The molecule has 3 nitrogen and oxygen atoms in total. The maximum atomic E-state index is 11.3. The highest BCUT2D eigenvalue weighted by Crippen LogP contribution is 2.23. The Morgan fingerprint density at radius 3 is 2.71 bits per heavy atom. The molecule has 0 aliphatic rings. The van der Waals surface area contributed by atoms with Gasteiger partial charge in [-0.15, -0.1) is 11.6 Å². The summed E-state index contributed by atoms with van der Waals surface area (Å²) < 4.78 is 0. The first kappa shape index (κ1) is 10.8. The van der Waals surface area contributed by atoms with Crippen LogP contribution in [-0.2, 0) is 0 Å². The fourth-order valence-electron chi connectivity index (χ4n) is 1.01. The Morgan fingerprint density at radius 2 is 2.21 bits per heavy atom. The number of hydrogen-bond donors (Lipinski definition) is 1. The monoisotopic (exact) mass is 228 g/mol. The molecule has 0 saturated heterocycles. The minimum absolute atomic E-state index is 0.127. The average Bonchev–Trinajstić information content (AvgIpc) is 2.19. The van der Waals surface area contributed by atoms with Gasteiger partial charge in [0.2, 0.25) is 0 Å². The SMILES string of the molecule is N#Cc1cc(Cl)cc(C(=O)CCl)c1N. The lowest BCUT2D eigenvalue weighted by atomic mass is 10.1. The summed E-state index contributed by atoms with van der Waals surface area (Å²) in [5, 5.41) is 8.98. The van der Waals surface area contributed by atoms with E-state index < -0.39 is 0 Å². The third-order valence-corrected chi connectivity index (χ3v) is 2.15. The molecule has 1 rings (SSSR count). The molecule has 2 N–H and O–H groups in total. The molecule has 0 unspecified atom stereocenters. The summed E-state index contributed by atoms with van der Waals surface area (Å²) in [4.78, 5) is 11.3. The van der Waals surface area contributed by atoms with Gasteiger partial charge in [-0.3, -0.25) is 4.79 Å². The lowest BCUT2D eigenvalue weighted by Crippen LogP contribution is -2.06. The highest BCUT2D eigenvalue weighted by atomic mass is 35.5. The molecular formula is C9H6Cl2N2O. The summed E-state index contributed by atoms with van der Waals surface area (Å²) in [6.45, 7) is 0. The molecule has 14 heavy (non-hydrogen) atoms. The Hall–Kier alpha value is -1.24. The maximum absolute atomic E-state index is 11.3. The lowest BCUT2D eigenvalue weighted by molar-refractivity contribution is 0.102. The standard InChI is InChI=1S/C9H6Cl2N2O/c10-3-8(14)7-2-6(11)1-5(4-12)9(7)13/h1-2H,3,13H2. The number of ketones is 1. The molecule has 0 heterocycles. The van der Waals surface area contributed by atoms with Crippen molar-refractivity contribution in [3.8, 4) is 6.07 Å². The van der Waals surface area contributed by atoms with Gasteiger partial charge in [0.25, 0.3) is 0 Å². The first-order chi connectivity index (χ1) is 6.60. The van der Waals surface area contributed by atoms with E-state index in [2.05, 4.69) is 0 Å². The van der Waals surface area contributed by atoms with Crippen LogP contribution in [0.5, 0.6) is 0 Å². The zero-order valence-corrected chi connectivity index (χ0v) is 8.56. The van der Waals surface area contributed by atoms with Crippen molar-refractivity contribution in [2.45, 2.75) is 0 Å². The van der Waals surface area contributed by atoms with E-state index in [1.807, 2.05) is 6.07 Å². The van der Waals surface area contributed by atoms with Crippen molar-refractivity contribution in [2.24, 2.45) is 0 Å². The van der Waals surface area contributed by atoms with Gasteiger partial charge in [0.1, 0.15) is 6.07 Å². The van der Waals surface area contributed by atoms with E-state index in [1.165, 1.54) is 12.1 Å². The number of carbonyl (C=O) groups excluding carboxylic acids is 1. The summed E-state index contributed by atoms with van der Waals surface area (Å²) in [5.74, 6) is -0.529. The van der Waals surface area contributed by atoms with Crippen molar-refractivity contribution in [3.05, 3.63) is 28.3 Å². The summed E-state index contributed by atoms with van der Waals surface area (Å²) in [6.07, 6.45) is 0. The van der Waals surface area contributed by atoms with E-state index in [1.54, 1.807) is 0 Å². The Balaban J connectivity index is 3.38. The van der Waals surface area contributed by atoms with Gasteiger partial charge in [0.05, 0.1) is 17.1 Å². The zero-order chi connectivity index (χ0) is 10.7. The van der Waals surface area contributed by atoms with E-state index in [9.17, 15) is 4.79 Å². The largest absolute Gasteiger partial charge is 0.397 e. The van der Waals surface area contributed by atoms with Crippen molar-refractivity contribution in [2.75, 3.05) is 11.6 Å². The predicted molar refractivity (Wildman–Crippen MR) is 55.6 cm³/mol. The number of hydrogen-bond acceptors (Lipinski definition) is 3. The van der Waals surface area contributed by atoms with Crippen LogP contribution >= 0.6 is 23.2 Å². The van der Waals surface area contributed by atoms with Crippen molar-refractivity contribution in [1.82, 2.24) is 0 Å². The van der Waals surface area contributed by atoms with Crippen LogP contribution in [0.15, 0.2) is 12.1 Å². The number of benzene rings is 1. The van der Waals surface area contributed by atoms with Crippen LogP contribution < -0.4 is 5.73 Å². The molecule has 72 valence electrons. The minimum Gasteiger partial charge on any atom is -0.397 e. The molecular weight excluding hydrogens is 223 g/mol. The summed E-state index contributed by atoms with van der Waals surface area (Å²) in [6, 6.07) is 4.66. The Kier molecular flexibility index (Phi) is 3.34. The van der Waals surface area contributed by atoms with Crippen LogP contribution in [0.3, 0.4) is 0 Å². The topological polar surface area (TPSA) is 66.9 Å². The van der Waals surface area contributed by atoms with Crippen LogP contribution in [0.2, 0.25) is 5.02 Å². The van der Waals surface area contributed by atoms with Crippen molar-refractivity contribution < 1.29 is 4.79 Å². The van der Waals surface area contributed by atoms with Crippen LogP contribution in [0.4, 0.5) is 5.69 Å². The van der Waals surface area contributed by atoms with Gasteiger partial charge in [-0.1, -0.05) is 11.6 Å². The average molecular weight is 229 g/mol. The molecule has 5 heteroatoms. The minimum atomic E-state index is -0.344. The van der Waals surface area contributed by atoms with E-state index in [0.717, 1.165) is 0 Å². The second-order valence-electron chi connectivity index (χ2n) is 2.58. The third kappa shape index (κ3) is 1.98. The molecule has 0 aliphatic carbocycles. The lowest BCUT2D eigenvalue weighted by Gasteiger charge is -2.04. The molecule has 0 aromatic heterocycles. The fraction of sp³-hybridized carbons (Fsp3) is 0.111. The second kappa shape index (κ2) is 4.32. The number of anilines is 1. The van der Waals surface area contributed by atoms with Crippen molar-refractivity contribution in [3.63, 3.8) is 0 Å². The number of carbonyl (C=O) groups is 1. The second-order valence-corrected chi connectivity index (χ2v) is 3.29. The number of Topliss-reactive ketones (excluding diaryl/α,β-unsaturated/α-hetero) is 1. The first-order valence-electron chi connectivity index (χ1n) is 3.68. The van der Waals surface area contributed by atoms with Gasteiger partial charge in [-0.2, -0.15) is 5.26 Å². The van der Waals surface area contributed by atoms with Gasteiger partial charge < -0.3 is 5.73 Å². The zero-order valence-electron chi connectivity index (χ0n) is 7.05. The quantitative estimate of drug-likeness (QED) is 0.480. The van der Waals surface area contributed by atoms with Crippen molar-refractivity contribution >= 4 is 34.7 Å². The van der Waals surface area contributed by atoms with Gasteiger partial charge in [0.15, 0.2) is 5.78 Å². The van der Waals surface area contributed by atoms with Crippen LogP contribution in [0.25, 0.3) is 0 Å². The molecule has 0 bridgehead atoms. The fourth-order valence-corrected chi connectivity index (χ4v) is 1.38. The Bertz CT molecular complexity index is 424. The Labute approximate surface area is 91.0 Å². The summed E-state index contributed by atoms with van der Waals surface area (Å²) in [7, 11) is 0. The van der Waals surface area contributed by atoms with E-state index >= 15 is 0 Å². The number of alkyl halides is 1. The molecule has 1 aromatic rings. The first-order valence-corrected chi connectivity index (χ1v) is 4.59. The van der Waals surface area contributed by atoms with Crippen LogP contribution in [0.1, 0.15) is 15.9 Å². The number of halogens is 2. The smallest absolute Gasteiger partial charge is 0.179 e. The van der Waals surface area contributed by atoms with E-state index in [4.69, 9.17) is 34.2 Å². The number of nitrogen functional groups attached to an aromatic ring is 1. The highest BCUT2D eigenvalue weighted by molar-refractivity contribution is 6.33. The van der Waals surface area contributed by atoms with Crippen LogP contribution in [-0.4, -0.2) is 11.7 Å². The number of nitrogens with two attached hydrogens (primary N) is 1. The molecule has 0 spiro atoms. The molecule has 0 aliphatic heterocycles. The summed E-state index contributed by atoms with van der Waals surface area (Å²) >= 11 is 11.1. The molecule has 0 radical (unpaired) electrons. The van der Waals surface area contributed by atoms with Gasteiger partial charge in [-0.05, 0) is 12.1 Å². The maximum Gasteiger partial charge on any atom is 0.179 e. The van der Waals surface area contributed by atoms with Crippen LogP contribution in [0, 0.1) is 11.3 Å². The molecule has 0 saturated carbocycles.